The van der Waals surface area contributed by atoms with Crippen LogP contribution < -0.4 is 10.9 Å². The molecule has 3 aromatic rings. The molecule has 0 atom stereocenters. The molecule has 1 N–H and O–H groups in total. The summed E-state index contributed by atoms with van der Waals surface area (Å²) in [5.74, 6) is 0. The van der Waals surface area contributed by atoms with Gasteiger partial charge >= 0.3 is 0 Å². The fourth-order valence-corrected chi connectivity index (χ4v) is 2.74. The highest BCUT2D eigenvalue weighted by Gasteiger charge is 2.18. The molecule has 0 saturated carbocycles. The number of anilines is 2. The van der Waals surface area contributed by atoms with Crippen LogP contribution in [0.5, 0.6) is 0 Å². The van der Waals surface area contributed by atoms with Crippen molar-refractivity contribution in [3.05, 3.63) is 75.5 Å². The molecule has 0 radical (unpaired) electrons. The summed E-state index contributed by atoms with van der Waals surface area (Å²) in [6, 6.07) is 16.3. The van der Waals surface area contributed by atoms with E-state index in [0.717, 1.165) is 5.56 Å². The highest BCUT2D eigenvalue weighted by Crippen LogP contribution is 2.26. The number of carbonyl (C=O) groups is 1. The standard InChI is InChI=1S/C19H16ClN3O2/c1-2-23-19(25)18(21-15-10-6-9-14(20)11-15)16(12-24)17(22-23)13-7-4-3-5-8-13/h3-12,21H,2H2,1H3. The van der Waals surface area contributed by atoms with Crippen LogP contribution in [0.1, 0.15) is 17.3 Å². The Balaban J connectivity index is 2.22. The van der Waals surface area contributed by atoms with Crippen LogP contribution in [0.25, 0.3) is 11.3 Å². The maximum absolute atomic E-state index is 12.7. The summed E-state index contributed by atoms with van der Waals surface area (Å²) in [4.78, 5) is 24.5. The van der Waals surface area contributed by atoms with E-state index in [-0.39, 0.29) is 16.8 Å². The highest BCUT2D eigenvalue weighted by atomic mass is 35.5. The van der Waals surface area contributed by atoms with E-state index < -0.39 is 0 Å². The predicted molar refractivity (Wildman–Crippen MR) is 99.7 cm³/mol. The van der Waals surface area contributed by atoms with E-state index in [9.17, 15) is 9.59 Å². The van der Waals surface area contributed by atoms with Crippen LogP contribution in [0.3, 0.4) is 0 Å². The lowest BCUT2D eigenvalue weighted by molar-refractivity contribution is 0.112. The van der Waals surface area contributed by atoms with Crippen LogP contribution in [0.4, 0.5) is 11.4 Å². The van der Waals surface area contributed by atoms with Gasteiger partial charge < -0.3 is 5.32 Å². The van der Waals surface area contributed by atoms with Crippen molar-refractivity contribution in [2.75, 3.05) is 5.32 Å². The first-order valence-electron chi connectivity index (χ1n) is 7.82. The second-order valence-electron chi connectivity index (χ2n) is 5.38. The zero-order chi connectivity index (χ0) is 17.8. The Labute approximate surface area is 149 Å². The van der Waals surface area contributed by atoms with E-state index in [0.29, 0.717) is 29.2 Å². The molecule has 0 unspecified atom stereocenters. The average molecular weight is 354 g/mol. The molecule has 0 bridgehead atoms. The van der Waals surface area contributed by atoms with E-state index in [4.69, 9.17) is 11.6 Å². The predicted octanol–water partition coefficient (Wildman–Crippen LogP) is 4.14. The van der Waals surface area contributed by atoms with E-state index in [1.807, 2.05) is 37.3 Å². The molecule has 2 aromatic carbocycles. The van der Waals surface area contributed by atoms with Crippen molar-refractivity contribution < 1.29 is 4.79 Å². The lowest BCUT2D eigenvalue weighted by Crippen LogP contribution is -2.27. The maximum atomic E-state index is 12.7. The maximum Gasteiger partial charge on any atom is 0.291 e. The molecule has 0 aliphatic rings. The number of carbonyl (C=O) groups excluding carboxylic acids is 1. The first kappa shape index (κ1) is 16.9. The second kappa shape index (κ2) is 7.32. The van der Waals surface area contributed by atoms with Gasteiger partial charge in [-0.3, -0.25) is 9.59 Å². The van der Waals surface area contributed by atoms with E-state index >= 15 is 0 Å². The van der Waals surface area contributed by atoms with Crippen molar-refractivity contribution in [1.82, 2.24) is 9.78 Å². The zero-order valence-corrected chi connectivity index (χ0v) is 14.3. The van der Waals surface area contributed by atoms with Crippen molar-refractivity contribution in [2.24, 2.45) is 0 Å². The lowest BCUT2D eigenvalue weighted by atomic mass is 10.1. The second-order valence-corrected chi connectivity index (χ2v) is 5.81. The molecule has 1 aromatic heterocycles. The van der Waals surface area contributed by atoms with Crippen LogP contribution in [0.15, 0.2) is 59.4 Å². The van der Waals surface area contributed by atoms with Gasteiger partial charge in [0.15, 0.2) is 6.29 Å². The summed E-state index contributed by atoms with van der Waals surface area (Å²) in [6.45, 7) is 2.22. The van der Waals surface area contributed by atoms with Gasteiger partial charge in [0.1, 0.15) is 11.4 Å². The molecule has 6 heteroatoms. The van der Waals surface area contributed by atoms with Crippen molar-refractivity contribution >= 4 is 29.3 Å². The van der Waals surface area contributed by atoms with Gasteiger partial charge in [0.2, 0.25) is 0 Å². The van der Waals surface area contributed by atoms with Gasteiger partial charge in [-0.05, 0) is 25.1 Å². The number of benzene rings is 2. The number of hydrogen-bond acceptors (Lipinski definition) is 4. The lowest BCUT2D eigenvalue weighted by Gasteiger charge is -2.14. The van der Waals surface area contributed by atoms with Gasteiger partial charge in [-0.25, -0.2) is 4.68 Å². The monoisotopic (exact) mass is 353 g/mol. The normalized spacial score (nSPS) is 10.5. The van der Waals surface area contributed by atoms with Crippen molar-refractivity contribution in [2.45, 2.75) is 13.5 Å². The van der Waals surface area contributed by atoms with E-state index in [2.05, 4.69) is 10.4 Å². The Morgan fingerprint density at radius 1 is 1.16 bits per heavy atom. The molecule has 0 amide bonds. The molecule has 0 fully saturated rings. The van der Waals surface area contributed by atoms with Crippen LogP contribution in [0.2, 0.25) is 5.02 Å². The Hall–Kier alpha value is -2.92. The van der Waals surface area contributed by atoms with Crippen molar-refractivity contribution in [1.29, 1.82) is 0 Å². The number of hydrogen-bond donors (Lipinski definition) is 1. The Kier molecular flexibility index (Phi) is 4.95. The molecule has 5 nitrogen and oxygen atoms in total. The number of aryl methyl sites for hydroxylation is 1. The largest absolute Gasteiger partial charge is 0.350 e. The third kappa shape index (κ3) is 3.46. The molecule has 0 aliphatic carbocycles. The van der Waals surface area contributed by atoms with Gasteiger partial charge in [0.25, 0.3) is 5.56 Å². The third-order valence-electron chi connectivity index (χ3n) is 3.75. The third-order valence-corrected chi connectivity index (χ3v) is 3.99. The molecule has 0 aliphatic heterocycles. The van der Waals surface area contributed by atoms with Crippen LogP contribution in [0, 0.1) is 0 Å². The Morgan fingerprint density at radius 2 is 1.92 bits per heavy atom. The number of nitrogens with zero attached hydrogens (tertiary/aromatic N) is 2. The molecule has 25 heavy (non-hydrogen) atoms. The molecule has 0 saturated heterocycles. The highest BCUT2D eigenvalue weighted by molar-refractivity contribution is 6.30. The fourth-order valence-electron chi connectivity index (χ4n) is 2.55. The van der Waals surface area contributed by atoms with Crippen LogP contribution in [-0.4, -0.2) is 16.1 Å². The molecular weight excluding hydrogens is 338 g/mol. The van der Waals surface area contributed by atoms with E-state index in [1.165, 1.54) is 4.68 Å². The average Bonchev–Trinajstić information content (AvgIpc) is 2.64. The first-order valence-corrected chi connectivity index (χ1v) is 8.20. The topological polar surface area (TPSA) is 64.0 Å². The van der Waals surface area contributed by atoms with E-state index in [1.54, 1.807) is 24.3 Å². The number of aldehydes is 1. The van der Waals surface area contributed by atoms with Crippen LogP contribution >= 0.6 is 11.6 Å². The number of rotatable bonds is 5. The van der Waals surface area contributed by atoms with Gasteiger partial charge in [-0.1, -0.05) is 48.0 Å². The number of nitrogens with one attached hydrogen (secondary N) is 1. The van der Waals surface area contributed by atoms with Gasteiger partial charge in [0, 0.05) is 22.8 Å². The molecular formula is C19H16ClN3O2. The molecule has 3 rings (SSSR count). The summed E-state index contributed by atoms with van der Waals surface area (Å²) < 4.78 is 1.34. The Morgan fingerprint density at radius 3 is 2.56 bits per heavy atom. The van der Waals surface area contributed by atoms with Gasteiger partial charge in [-0.15, -0.1) is 0 Å². The minimum atomic E-state index is -0.357. The molecule has 126 valence electrons. The van der Waals surface area contributed by atoms with Gasteiger partial charge in [-0.2, -0.15) is 5.10 Å². The smallest absolute Gasteiger partial charge is 0.291 e. The Bertz CT molecular complexity index is 968. The summed E-state index contributed by atoms with van der Waals surface area (Å²) in [5.41, 5.74) is 1.90. The summed E-state index contributed by atoms with van der Waals surface area (Å²) in [5, 5.41) is 7.92. The summed E-state index contributed by atoms with van der Waals surface area (Å²) in [7, 11) is 0. The minimum Gasteiger partial charge on any atom is -0.350 e. The zero-order valence-electron chi connectivity index (χ0n) is 13.6. The molecule has 0 spiro atoms. The van der Waals surface area contributed by atoms with Crippen molar-refractivity contribution in [3.63, 3.8) is 0 Å². The fraction of sp³-hybridized carbons (Fsp3) is 0.105. The summed E-state index contributed by atoms with van der Waals surface area (Å²) >= 11 is 6.01. The molecule has 1 heterocycles. The first-order chi connectivity index (χ1) is 12.1. The number of halogens is 1. The quantitative estimate of drug-likeness (QED) is 0.700. The van der Waals surface area contributed by atoms with Crippen molar-refractivity contribution in [3.8, 4) is 11.3 Å². The van der Waals surface area contributed by atoms with Gasteiger partial charge in [0.05, 0.1) is 5.56 Å². The van der Waals surface area contributed by atoms with Crippen LogP contribution in [-0.2, 0) is 6.54 Å². The minimum absolute atomic E-state index is 0.188. The summed E-state index contributed by atoms with van der Waals surface area (Å²) in [6.07, 6.45) is 0.656. The number of aromatic nitrogens is 2. The SMILES string of the molecule is CCn1nc(-c2ccccc2)c(C=O)c(Nc2cccc(Cl)c2)c1=O.